The zero-order valence-corrected chi connectivity index (χ0v) is 12.2. The molecule has 3 N–H and O–H groups in total. The van der Waals surface area contributed by atoms with E-state index in [1.807, 2.05) is 0 Å². The van der Waals surface area contributed by atoms with Crippen molar-refractivity contribution in [2.24, 2.45) is 11.3 Å². The van der Waals surface area contributed by atoms with Gasteiger partial charge in [0.2, 0.25) is 0 Å². The maximum Gasteiger partial charge on any atom is 0.326 e. The van der Waals surface area contributed by atoms with Crippen LogP contribution in [0.4, 0.5) is 4.79 Å². The molecule has 1 fully saturated rings. The topological polar surface area (TPSA) is 78.4 Å². The number of hydrogen-bond acceptors (Lipinski definition) is 2. The molecule has 0 saturated heterocycles. The molecule has 0 spiro atoms. The number of aliphatic carboxylic acids is 1. The highest BCUT2D eigenvalue weighted by atomic mass is 16.4. The van der Waals surface area contributed by atoms with E-state index >= 15 is 0 Å². The third-order valence-corrected chi connectivity index (χ3v) is 3.66. The first-order chi connectivity index (χ1) is 8.80. The number of carboxylic acid groups (broad SMARTS) is 1. The number of carboxylic acids is 1. The van der Waals surface area contributed by atoms with Crippen molar-refractivity contribution in [3.63, 3.8) is 0 Å². The van der Waals surface area contributed by atoms with Crippen LogP contribution in [0.3, 0.4) is 0 Å². The Morgan fingerprint density at radius 3 is 2.26 bits per heavy atom. The molecule has 1 aliphatic carbocycles. The molecule has 0 bridgehead atoms. The number of amides is 2. The van der Waals surface area contributed by atoms with Crippen LogP contribution in [0.2, 0.25) is 0 Å². The zero-order valence-electron chi connectivity index (χ0n) is 12.2. The highest BCUT2D eigenvalue weighted by Gasteiger charge is 2.32. The van der Waals surface area contributed by atoms with Gasteiger partial charge in [0, 0.05) is 6.54 Å². The van der Waals surface area contributed by atoms with Crippen LogP contribution < -0.4 is 10.6 Å². The van der Waals surface area contributed by atoms with Crippen LogP contribution in [-0.4, -0.2) is 29.7 Å². The van der Waals surface area contributed by atoms with E-state index < -0.39 is 17.4 Å². The van der Waals surface area contributed by atoms with Crippen LogP contribution in [-0.2, 0) is 4.79 Å². The van der Waals surface area contributed by atoms with Gasteiger partial charge in [-0.25, -0.2) is 9.59 Å². The van der Waals surface area contributed by atoms with Crippen LogP contribution in [0.15, 0.2) is 0 Å². The van der Waals surface area contributed by atoms with E-state index in [1.165, 1.54) is 19.3 Å². The molecule has 1 atom stereocenters. The fourth-order valence-corrected chi connectivity index (χ4v) is 2.46. The maximum absolute atomic E-state index is 11.8. The molecule has 5 heteroatoms. The number of nitrogens with one attached hydrogen (secondary N) is 2. The normalized spacial score (nSPS) is 18.7. The standard InChI is InChI=1S/C14H26N2O3/c1-14(2,3)11(12(17)18)16-13(19)15-9-10-7-5-4-6-8-10/h10-11H,4-9H2,1-3H3,(H,17,18)(H2,15,16,19). The molecule has 110 valence electrons. The van der Waals surface area contributed by atoms with Gasteiger partial charge in [-0.1, -0.05) is 40.0 Å². The van der Waals surface area contributed by atoms with E-state index in [0.29, 0.717) is 12.5 Å². The molecule has 0 radical (unpaired) electrons. The largest absolute Gasteiger partial charge is 0.480 e. The van der Waals surface area contributed by atoms with E-state index in [9.17, 15) is 9.59 Å². The lowest BCUT2D eigenvalue weighted by Gasteiger charge is -2.28. The Labute approximate surface area is 115 Å². The Hall–Kier alpha value is -1.26. The van der Waals surface area contributed by atoms with Crippen LogP contribution in [0.1, 0.15) is 52.9 Å². The molecule has 2 amide bonds. The predicted octanol–water partition coefficient (Wildman–Crippen LogP) is 2.37. The minimum Gasteiger partial charge on any atom is -0.480 e. The first-order valence-corrected chi connectivity index (χ1v) is 7.08. The van der Waals surface area contributed by atoms with Gasteiger partial charge in [-0.3, -0.25) is 0 Å². The average Bonchev–Trinajstić information content (AvgIpc) is 2.33. The maximum atomic E-state index is 11.8. The summed E-state index contributed by atoms with van der Waals surface area (Å²) in [5, 5.41) is 14.5. The van der Waals surface area contributed by atoms with Gasteiger partial charge in [-0.2, -0.15) is 0 Å². The summed E-state index contributed by atoms with van der Waals surface area (Å²) in [5.74, 6) is -0.460. The summed E-state index contributed by atoms with van der Waals surface area (Å²) < 4.78 is 0. The molecule has 0 aliphatic heterocycles. The number of carbonyl (C=O) groups is 2. The third-order valence-electron chi connectivity index (χ3n) is 3.66. The average molecular weight is 270 g/mol. The van der Waals surface area contributed by atoms with Crippen molar-refractivity contribution in [3.8, 4) is 0 Å². The zero-order chi connectivity index (χ0) is 14.5. The Kier molecular flexibility index (Phi) is 5.63. The van der Waals surface area contributed by atoms with Gasteiger partial charge in [-0.15, -0.1) is 0 Å². The van der Waals surface area contributed by atoms with Crippen molar-refractivity contribution >= 4 is 12.0 Å². The van der Waals surface area contributed by atoms with Gasteiger partial charge in [0.15, 0.2) is 0 Å². The lowest BCUT2D eigenvalue weighted by molar-refractivity contribution is -0.141. The molecule has 1 unspecified atom stereocenters. The van der Waals surface area contributed by atoms with Crippen LogP contribution in [0.5, 0.6) is 0 Å². The molecule has 0 heterocycles. The van der Waals surface area contributed by atoms with E-state index in [1.54, 1.807) is 20.8 Å². The number of rotatable bonds is 4. The van der Waals surface area contributed by atoms with Gasteiger partial charge < -0.3 is 15.7 Å². The summed E-state index contributed by atoms with van der Waals surface area (Å²) in [4.78, 5) is 22.9. The van der Waals surface area contributed by atoms with Crippen molar-refractivity contribution in [1.29, 1.82) is 0 Å². The second-order valence-corrected chi connectivity index (χ2v) is 6.50. The Morgan fingerprint density at radius 2 is 1.79 bits per heavy atom. The van der Waals surface area contributed by atoms with Crippen molar-refractivity contribution in [2.75, 3.05) is 6.54 Å². The minimum atomic E-state index is -1.000. The summed E-state index contributed by atoms with van der Waals surface area (Å²) in [6, 6.07) is -1.26. The highest BCUT2D eigenvalue weighted by Crippen LogP contribution is 2.23. The molecule has 0 aromatic heterocycles. The van der Waals surface area contributed by atoms with Crippen molar-refractivity contribution in [3.05, 3.63) is 0 Å². The Bertz CT molecular complexity index is 317. The van der Waals surface area contributed by atoms with Gasteiger partial charge in [0.25, 0.3) is 0 Å². The van der Waals surface area contributed by atoms with Gasteiger partial charge in [-0.05, 0) is 24.2 Å². The molecule has 1 saturated carbocycles. The molecule has 0 aromatic rings. The second-order valence-electron chi connectivity index (χ2n) is 6.50. The first kappa shape index (κ1) is 15.8. The quantitative estimate of drug-likeness (QED) is 0.733. The number of hydrogen-bond donors (Lipinski definition) is 3. The van der Waals surface area contributed by atoms with Crippen LogP contribution in [0, 0.1) is 11.3 Å². The fraction of sp³-hybridized carbons (Fsp3) is 0.857. The molecule has 5 nitrogen and oxygen atoms in total. The summed E-state index contributed by atoms with van der Waals surface area (Å²) >= 11 is 0. The van der Waals surface area contributed by atoms with Gasteiger partial charge >= 0.3 is 12.0 Å². The number of urea groups is 1. The Morgan fingerprint density at radius 1 is 1.21 bits per heavy atom. The van der Waals surface area contributed by atoms with Crippen molar-refractivity contribution in [2.45, 2.75) is 58.9 Å². The minimum absolute atomic E-state index is 0.382. The highest BCUT2D eigenvalue weighted by molar-refractivity contribution is 5.83. The summed E-state index contributed by atoms with van der Waals surface area (Å²) in [5.41, 5.74) is -0.506. The fourth-order valence-electron chi connectivity index (χ4n) is 2.46. The monoisotopic (exact) mass is 270 g/mol. The summed E-state index contributed by atoms with van der Waals surface area (Å²) in [7, 11) is 0. The lowest BCUT2D eigenvalue weighted by Crippen LogP contribution is -2.52. The summed E-state index contributed by atoms with van der Waals surface area (Å²) in [6.07, 6.45) is 6.05. The van der Waals surface area contributed by atoms with E-state index in [4.69, 9.17) is 5.11 Å². The molecule has 1 rings (SSSR count). The lowest BCUT2D eigenvalue weighted by atomic mass is 9.87. The second kappa shape index (κ2) is 6.78. The van der Waals surface area contributed by atoms with E-state index in [2.05, 4.69) is 10.6 Å². The van der Waals surface area contributed by atoms with Crippen molar-refractivity contribution in [1.82, 2.24) is 10.6 Å². The van der Waals surface area contributed by atoms with Gasteiger partial charge in [0.1, 0.15) is 6.04 Å². The van der Waals surface area contributed by atoms with E-state index in [0.717, 1.165) is 12.8 Å². The van der Waals surface area contributed by atoms with Crippen LogP contribution in [0.25, 0.3) is 0 Å². The van der Waals surface area contributed by atoms with Crippen LogP contribution >= 0.6 is 0 Å². The molecule has 19 heavy (non-hydrogen) atoms. The molecular formula is C14H26N2O3. The summed E-state index contributed by atoms with van der Waals surface area (Å²) in [6.45, 7) is 6.04. The third kappa shape index (κ3) is 5.49. The molecular weight excluding hydrogens is 244 g/mol. The predicted molar refractivity (Wildman–Crippen MR) is 74.0 cm³/mol. The first-order valence-electron chi connectivity index (χ1n) is 7.08. The van der Waals surface area contributed by atoms with Crippen molar-refractivity contribution < 1.29 is 14.7 Å². The molecule has 0 aromatic carbocycles. The number of carbonyl (C=O) groups excluding carboxylic acids is 1. The molecule has 1 aliphatic rings. The van der Waals surface area contributed by atoms with E-state index in [-0.39, 0.29) is 6.03 Å². The smallest absolute Gasteiger partial charge is 0.326 e. The Balaban J connectivity index is 2.38. The van der Waals surface area contributed by atoms with Gasteiger partial charge in [0.05, 0.1) is 0 Å². The SMILES string of the molecule is CC(C)(C)C(NC(=O)NCC1CCCCC1)C(=O)O.